The highest BCUT2D eigenvalue weighted by atomic mass is 19.1. The van der Waals surface area contributed by atoms with Gasteiger partial charge in [-0.1, -0.05) is 26.0 Å². The van der Waals surface area contributed by atoms with E-state index in [1.165, 1.54) is 6.07 Å². The lowest BCUT2D eigenvalue weighted by Gasteiger charge is -1.91. The summed E-state index contributed by atoms with van der Waals surface area (Å²) in [6.45, 7) is 10.6. The predicted molar refractivity (Wildman–Crippen MR) is 48.1 cm³/mol. The maximum absolute atomic E-state index is 12.6. The van der Waals surface area contributed by atoms with Gasteiger partial charge in [0.25, 0.3) is 0 Å². The van der Waals surface area contributed by atoms with Gasteiger partial charge in [-0.2, -0.15) is 0 Å². The number of hydrogen-bond acceptors (Lipinski definition) is 0. The Morgan fingerprint density at radius 2 is 1.92 bits per heavy atom. The van der Waals surface area contributed by atoms with Crippen LogP contribution < -0.4 is 0 Å². The standard InChI is InChI=1S/C8H6FN.C2H6/c1-10-6-7-4-2-3-5-8(7)9;1-2/h2-5H,6H2;1-2H3. The summed E-state index contributed by atoms with van der Waals surface area (Å²) in [6.07, 6.45) is 0. The summed E-state index contributed by atoms with van der Waals surface area (Å²) in [5.41, 5.74) is 0.470. The zero-order chi connectivity index (χ0) is 9.40. The van der Waals surface area contributed by atoms with Crippen LogP contribution in [0.2, 0.25) is 0 Å². The fourth-order valence-corrected chi connectivity index (χ4v) is 0.712. The van der Waals surface area contributed by atoms with E-state index in [2.05, 4.69) is 4.85 Å². The van der Waals surface area contributed by atoms with Crippen molar-refractivity contribution in [3.63, 3.8) is 0 Å². The van der Waals surface area contributed by atoms with Gasteiger partial charge in [0.2, 0.25) is 6.54 Å². The first-order valence-corrected chi connectivity index (χ1v) is 3.91. The van der Waals surface area contributed by atoms with Crippen molar-refractivity contribution < 1.29 is 4.39 Å². The van der Waals surface area contributed by atoms with Crippen molar-refractivity contribution in [1.82, 2.24) is 0 Å². The van der Waals surface area contributed by atoms with Crippen LogP contribution in [0.25, 0.3) is 4.85 Å². The normalized spacial score (nSPS) is 7.83. The van der Waals surface area contributed by atoms with Crippen LogP contribution in [0.5, 0.6) is 0 Å². The number of benzene rings is 1. The molecule has 0 saturated carbocycles. The van der Waals surface area contributed by atoms with E-state index < -0.39 is 0 Å². The van der Waals surface area contributed by atoms with Crippen LogP contribution in [0.3, 0.4) is 0 Å². The Bertz CT molecular complexity index is 263. The lowest BCUT2D eigenvalue weighted by atomic mass is 10.2. The van der Waals surface area contributed by atoms with Crippen LogP contribution in [0.1, 0.15) is 19.4 Å². The summed E-state index contributed by atoms with van der Waals surface area (Å²) < 4.78 is 12.6. The SMILES string of the molecule is CC.[C-]#[N+]Cc1ccccc1F. The summed E-state index contributed by atoms with van der Waals surface area (Å²) in [6, 6.07) is 6.32. The molecule has 0 aliphatic heterocycles. The van der Waals surface area contributed by atoms with Gasteiger partial charge >= 0.3 is 0 Å². The molecule has 0 saturated heterocycles. The van der Waals surface area contributed by atoms with Gasteiger partial charge in [0.1, 0.15) is 5.82 Å². The molecule has 64 valence electrons. The molecule has 0 atom stereocenters. The highest BCUT2D eigenvalue weighted by Crippen LogP contribution is 2.06. The van der Waals surface area contributed by atoms with Crippen molar-refractivity contribution in [2.24, 2.45) is 0 Å². The second-order valence-corrected chi connectivity index (χ2v) is 1.91. The number of halogens is 1. The van der Waals surface area contributed by atoms with E-state index in [1.54, 1.807) is 18.2 Å². The van der Waals surface area contributed by atoms with Gasteiger partial charge in [-0.15, -0.1) is 0 Å². The maximum Gasteiger partial charge on any atom is 0.242 e. The zero-order valence-electron chi connectivity index (χ0n) is 7.34. The van der Waals surface area contributed by atoms with E-state index in [9.17, 15) is 4.39 Å². The Hall–Kier alpha value is -1.36. The minimum Gasteiger partial charge on any atom is -0.312 e. The van der Waals surface area contributed by atoms with Crippen LogP contribution in [0, 0.1) is 12.4 Å². The topological polar surface area (TPSA) is 4.36 Å². The molecule has 1 aromatic rings. The van der Waals surface area contributed by atoms with E-state index in [0.29, 0.717) is 5.56 Å². The average molecular weight is 165 g/mol. The molecule has 0 bridgehead atoms. The van der Waals surface area contributed by atoms with Crippen LogP contribution in [0.15, 0.2) is 24.3 Å². The van der Waals surface area contributed by atoms with Crippen LogP contribution in [-0.4, -0.2) is 0 Å². The largest absolute Gasteiger partial charge is 0.312 e. The third kappa shape index (κ3) is 3.16. The number of rotatable bonds is 1. The number of nitrogens with zero attached hydrogens (tertiary/aromatic N) is 1. The third-order valence-corrected chi connectivity index (χ3v) is 1.21. The first-order chi connectivity index (χ1) is 5.84. The van der Waals surface area contributed by atoms with Crippen molar-refractivity contribution in [2.45, 2.75) is 20.4 Å². The summed E-state index contributed by atoms with van der Waals surface area (Å²) in [7, 11) is 0. The molecule has 0 heterocycles. The molecule has 0 spiro atoms. The first kappa shape index (κ1) is 10.6. The highest BCUT2D eigenvalue weighted by Gasteiger charge is 2.00. The van der Waals surface area contributed by atoms with Crippen LogP contribution in [-0.2, 0) is 6.54 Å². The quantitative estimate of drug-likeness (QED) is 0.562. The molecule has 0 fully saturated rings. The molecule has 2 heteroatoms. The molecule has 0 aromatic heterocycles. The lowest BCUT2D eigenvalue weighted by molar-refractivity contribution is 0.614. The van der Waals surface area contributed by atoms with Crippen molar-refractivity contribution in [2.75, 3.05) is 0 Å². The Balaban J connectivity index is 0.000000561. The van der Waals surface area contributed by atoms with E-state index >= 15 is 0 Å². The summed E-state index contributed by atoms with van der Waals surface area (Å²) in [5.74, 6) is -0.293. The lowest BCUT2D eigenvalue weighted by Crippen LogP contribution is -1.83. The van der Waals surface area contributed by atoms with Gasteiger partial charge in [0.15, 0.2) is 0 Å². The second kappa shape index (κ2) is 6.36. The predicted octanol–water partition coefficient (Wildman–Crippen LogP) is 3.27. The molecule has 12 heavy (non-hydrogen) atoms. The van der Waals surface area contributed by atoms with E-state index in [1.807, 2.05) is 13.8 Å². The molecular weight excluding hydrogens is 153 g/mol. The van der Waals surface area contributed by atoms with Crippen LogP contribution >= 0.6 is 0 Å². The Morgan fingerprint density at radius 3 is 2.42 bits per heavy atom. The van der Waals surface area contributed by atoms with E-state index in [4.69, 9.17) is 6.57 Å². The molecule has 0 aliphatic carbocycles. The summed E-state index contributed by atoms with van der Waals surface area (Å²) in [4.78, 5) is 3.08. The smallest absolute Gasteiger partial charge is 0.242 e. The van der Waals surface area contributed by atoms with Gasteiger partial charge < -0.3 is 4.85 Å². The first-order valence-electron chi connectivity index (χ1n) is 3.91. The van der Waals surface area contributed by atoms with Gasteiger partial charge in [-0.25, -0.2) is 11.0 Å². The summed E-state index contributed by atoms with van der Waals surface area (Å²) in [5, 5.41) is 0. The second-order valence-electron chi connectivity index (χ2n) is 1.91. The Labute approximate surface area is 72.7 Å². The molecule has 1 nitrogen and oxygen atoms in total. The average Bonchev–Trinajstić information content (AvgIpc) is 2.13. The monoisotopic (exact) mass is 165 g/mol. The van der Waals surface area contributed by atoms with Gasteiger partial charge in [-0.05, 0) is 12.1 Å². The van der Waals surface area contributed by atoms with E-state index in [-0.39, 0.29) is 12.4 Å². The maximum atomic E-state index is 12.6. The summed E-state index contributed by atoms with van der Waals surface area (Å²) >= 11 is 0. The van der Waals surface area contributed by atoms with Gasteiger partial charge in [0, 0.05) is 0 Å². The van der Waals surface area contributed by atoms with Crippen molar-refractivity contribution in [3.05, 3.63) is 47.1 Å². The van der Waals surface area contributed by atoms with Gasteiger partial charge in [0.05, 0.1) is 5.56 Å². The van der Waals surface area contributed by atoms with Crippen molar-refractivity contribution in [3.8, 4) is 0 Å². The fourth-order valence-electron chi connectivity index (χ4n) is 0.712. The Morgan fingerprint density at radius 1 is 1.33 bits per heavy atom. The highest BCUT2D eigenvalue weighted by molar-refractivity contribution is 5.18. The molecule has 0 amide bonds. The third-order valence-electron chi connectivity index (χ3n) is 1.21. The van der Waals surface area contributed by atoms with Crippen molar-refractivity contribution in [1.29, 1.82) is 0 Å². The van der Waals surface area contributed by atoms with Crippen molar-refractivity contribution >= 4 is 0 Å². The van der Waals surface area contributed by atoms with E-state index in [0.717, 1.165) is 0 Å². The molecule has 0 aliphatic rings. The molecule has 0 radical (unpaired) electrons. The minimum atomic E-state index is -0.293. The van der Waals surface area contributed by atoms with Crippen LogP contribution in [0.4, 0.5) is 4.39 Å². The molecule has 0 N–H and O–H groups in total. The fraction of sp³-hybridized carbons (Fsp3) is 0.300. The Kier molecular flexibility index (Phi) is 5.64. The number of hydrogen-bond donors (Lipinski definition) is 0. The minimum absolute atomic E-state index is 0.132. The molecule has 1 rings (SSSR count). The van der Waals surface area contributed by atoms with Gasteiger partial charge in [-0.3, -0.25) is 0 Å². The molecule has 0 unspecified atom stereocenters. The zero-order valence-corrected chi connectivity index (χ0v) is 7.34. The molecule has 1 aromatic carbocycles. The molecular formula is C10H12FN.